The van der Waals surface area contributed by atoms with Gasteiger partial charge in [0.2, 0.25) is 11.1 Å². The second-order valence-electron chi connectivity index (χ2n) is 11.8. The Labute approximate surface area is 234 Å². The molecule has 0 unspecified atom stereocenters. The second kappa shape index (κ2) is 11.9. The molecule has 1 N–H and O–H groups in total. The molecule has 1 aliphatic heterocycles. The highest BCUT2D eigenvalue weighted by Crippen LogP contribution is 2.37. The molecule has 39 heavy (non-hydrogen) atoms. The molecule has 0 spiro atoms. The zero-order valence-electron chi connectivity index (χ0n) is 23.3. The number of anilines is 2. The van der Waals surface area contributed by atoms with Gasteiger partial charge in [0.25, 0.3) is 0 Å². The topological polar surface area (TPSA) is 85.2 Å². The molecule has 0 bridgehead atoms. The molecule has 1 saturated heterocycles. The van der Waals surface area contributed by atoms with Crippen molar-refractivity contribution in [3.05, 3.63) is 35.9 Å². The van der Waals surface area contributed by atoms with Crippen molar-refractivity contribution >= 4 is 33.7 Å². The average Bonchev–Trinajstić information content (AvgIpc) is 3.29. The summed E-state index contributed by atoms with van der Waals surface area (Å²) in [5, 5.41) is 3.98. The fourth-order valence-electron chi connectivity index (χ4n) is 6.39. The van der Waals surface area contributed by atoms with Crippen LogP contribution in [0.2, 0.25) is 0 Å². The highest BCUT2D eigenvalue weighted by molar-refractivity contribution is 7.84. The minimum atomic E-state index is -1.29. The first kappa shape index (κ1) is 26.7. The van der Waals surface area contributed by atoms with Crippen molar-refractivity contribution in [3.8, 4) is 0 Å². The van der Waals surface area contributed by atoms with Gasteiger partial charge in [0.05, 0.1) is 30.1 Å². The van der Waals surface area contributed by atoms with Gasteiger partial charge in [0.15, 0.2) is 11.5 Å². The van der Waals surface area contributed by atoms with Crippen LogP contribution < -0.4 is 10.2 Å². The SMILES string of the molecule is CC1CCC(Cn2c(N3CCOC[C@H]3c3ccccc3)nc3nc([S@@](C)=O)nc(NCCC4CCC4)c32)CC1. The maximum atomic E-state index is 12.6. The Bertz CT molecular complexity index is 1290. The molecule has 3 fully saturated rings. The molecule has 8 nitrogen and oxygen atoms in total. The van der Waals surface area contributed by atoms with E-state index in [0.29, 0.717) is 29.9 Å². The summed E-state index contributed by atoms with van der Waals surface area (Å²) in [6.45, 7) is 6.17. The Morgan fingerprint density at radius 2 is 1.82 bits per heavy atom. The van der Waals surface area contributed by atoms with Crippen LogP contribution in [0.3, 0.4) is 0 Å². The maximum absolute atomic E-state index is 12.6. The quantitative estimate of drug-likeness (QED) is 0.349. The van der Waals surface area contributed by atoms with E-state index in [0.717, 1.165) is 55.2 Å². The summed E-state index contributed by atoms with van der Waals surface area (Å²) >= 11 is 0. The number of nitrogens with one attached hydrogen (secondary N) is 1. The van der Waals surface area contributed by atoms with Crippen LogP contribution >= 0.6 is 0 Å². The van der Waals surface area contributed by atoms with Gasteiger partial charge < -0.3 is 19.5 Å². The fourth-order valence-corrected chi connectivity index (χ4v) is 6.82. The molecule has 1 aromatic carbocycles. The number of morpholine rings is 1. The molecule has 3 aromatic rings. The van der Waals surface area contributed by atoms with Gasteiger partial charge in [-0.05, 0) is 42.6 Å². The third kappa shape index (κ3) is 5.85. The van der Waals surface area contributed by atoms with E-state index < -0.39 is 10.8 Å². The van der Waals surface area contributed by atoms with Crippen molar-refractivity contribution in [1.29, 1.82) is 0 Å². The lowest BCUT2D eigenvalue weighted by molar-refractivity contribution is 0.0927. The smallest absolute Gasteiger partial charge is 0.222 e. The normalized spacial score (nSPS) is 25.0. The summed E-state index contributed by atoms with van der Waals surface area (Å²) in [6.07, 6.45) is 11.8. The monoisotopic (exact) mass is 550 g/mol. The number of hydrogen-bond acceptors (Lipinski definition) is 7. The first-order valence-corrected chi connectivity index (χ1v) is 16.4. The van der Waals surface area contributed by atoms with Crippen molar-refractivity contribution in [2.24, 2.45) is 17.8 Å². The minimum Gasteiger partial charge on any atom is -0.377 e. The zero-order chi connectivity index (χ0) is 26.8. The first-order valence-electron chi connectivity index (χ1n) is 14.8. The number of rotatable bonds is 9. The van der Waals surface area contributed by atoms with Crippen LogP contribution in [0, 0.1) is 17.8 Å². The fraction of sp³-hybridized carbons (Fsp3) is 0.633. The summed E-state index contributed by atoms with van der Waals surface area (Å²) in [6, 6.07) is 10.7. The van der Waals surface area contributed by atoms with Crippen molar-refractivity contribution in [2.45, 2.75) is 76.0 Å². The van der Waals surface area contributed by atoms with Gasteiger partial charge in [-0.3, -0.25) is 4.21 Å². The first-order chi connectivity index (χ1) is 19.1. The number of hydrogen-bond donors (Lipinski definition) is 1. The van der Waals surface area contributed by atoms with E-state index in [1.165, 1.54) is 50.5 Å². The lowest BCUT2D eigenvalue weighted by atomic mass is 9.83. The van der Waals surface area contributed by atoms with E-state index in [1.54, 1.807) is 6.26 Å². The van der Waals surface area contributed by atoms with E-state index in [1.807, 2.05) is 0 Å². The molecule has 2 atom stereocenters. The summed E-state index contributed by atoms with van der Waals surface area (Å²) in [5.41, 5.74) is 2.81. The highest BCUT2D eigenvalue weighted by atomic mass is 32.2. The van der Waals surface area contributed by atoms with Crippen molar-refractivity contribution in [2.75, 3.05) is 42.8 Å². The Morgan fingerprint density at radius 3 is 2.54 bits per heavy atom. The third-order valence-electron chi connectivity index (χ3n) is 9.04. The van der Waals surface area contributed by atoms with Crippen LogP contribution in [0.15, 0.2) is 35.5 Å². The molecular formula is C30H42N6O2S. The van der Waals surface area contributed by atoms with E-state index in [9.17, 15) is 4.21 Å². The van der Waals surface area contributed by atoms with Gasteiger partial charge in [0, 0.05) is 25.9 Å². The van der Waals surface area contributed by atoms with E-state index in [4.69, 9.17) is 19.7 Å². The predicted molar refractivity (Wildman–Crippen MR) is 157 cm³/mol. The number of fused-ring (bicyclic) bond motifs is 1. The Hall–Kier alpha value is -2.52. The summed E-state index contributed by atoms with van der Waals surface area (Å²) in [7, 11) is -1.29. The summed E-state index contributed by atoms with van der Waals surface area (Å²) < 4.78 is 20.9. The molecule has 2 aromatic heterocycles. The molecule has 3 aliphatic rings. The molecule has 2 saturated carbocycles. The van der Waals surface area contributed by atoms with Crippen LogP contribution in [0.1, 0.15) is 69.9 Å². The van der Waals surface area contributed by atoms with Crippen molar-refractivity contribution < 1.29 is 8.95 Å². The lowest BCUT2D eigenvalue weighted by Crippen LogP contribution is -2.41. The zero-order valence-corrected chi connectivity index (χ0v) is 24.2. The molecule has 9 heteroatoms. The van der Waals surface area contributed by atoms with Crippen LogP contribution in [0.4, 0.5) is 11.8 Å². The van der Waals surface area contributed by atoms with E-state index >= 15 is 0 Å². The van der Waals surface area contributed by atoms with Crippen LogP contribution in [-0.2, 0) is 22.1 Å². The number of imidazole rings is 1. The largest absolute Gasteiger partial charge is 0.377 e. The second-order valence-corrected chi connectivity index (χ2v) is 13.1. The molecule has 0 radical (unpaired) electrons. The Kier molecular flexibility index (Phi) is 8.16. The molecule has 210 valence electrons. The average molecular weight is 551 g/mol. The molecule has 0 amide bonds. The Balaban J connectivity index is 1.43. The van der Waals surface area contributed by atoms with E-state index in [2.05, 4.69) is 52.0 Å². The van der Waals surface area contributed by atoms with Gasteiger partial charge >= 0.3 is 0 Å². The Morgan fingerprint density at radius 1 is 1.03 bits per heavy atom. The number of aromatic nitrogens is 4. The number of nitrogens with zero attached hydrogens (tertiary/aromatic N) is 5. The van der Waals surface area contributed by atoms with Crippen molar-refractivity contribution in [1.82, 2.24) is 19.5 Å². The molecule has 6 rings (SSSR count). The minimum absolute atomic E-state index is 0.0738. The van der Waals surface area contributed by atoms with Crippen LogP contribution in [0.5, 0.6) is 0 Å². The summed E-state index contributed by atoms with van der Waals surface area (Å²) in [4.78, 5) is 17.1. The van der Waals surface area contributed by atoms with Gasteiger partial charge in [-0.1, -0.05) is 69.4 Å². The molecule has 2 aliphatic carbocycles. The lowest BCUT2D eigenvalue weighted by Gasteiger charge is -2.37. The maximum Gasteiger partial charge on any atom is 0.222 e. The summed E-state index contributed by atoms with van der Waals surface area (Å²) in [5.74, 6) is 3.90. The van der Waals surface area contributed by atoms with Crippen LogP contribution in [0.25, 0.3) is 11.2 Å². The van der Waals surface area contributed by atoms with Gasteiger partial charge in [-0.25, -0.2) is 4.98 Å². The molecular weight excluding hydrogens is 508 g/mol. The van der Waals surface area contributed by atoms with Gasteiger partial charge in [0.1, 0.15) is 5.52 Å². The standard InChI is InChI=1S/C30H42N6O2S/c1-21-11-13-23(14-12-21)19-36-26-27(31-16-15-22-7-6-8-22)32-29(39(2)37)33-28(26)34-30(36)35-17-18-38-20-25(35)24-9-4-3-5-10-24/h3-5,9-10,21-23,25H,6-8,11-20H2,1-2H3,(H,31,32,33)/t21?,23?,25-,39+/m0/s1. The predicted octanol–water partition coefficient (Wildman–Crippen LogP) is 5.57. The van der Waals surface area contributed by atoms with Gasteiger partial charge in [-0.2, -0.15) is 9.97 Å². The highest BCUT2D eigenvalue weighted by Gasteiger charge is 2.32. The van der Waals surface area contributed by atoms with Gasteiger partial charge in [-0.15, -0.1) is 0 Å². The van der Waals surface area contributed by atoms with Crippen LogP contribution in [-0.4, -0.2) is 56.3 Å². The van der Waals surface area contributed by atoms with Crippen molar-refractivity contribution in [3.63, 3.8) is 0 Å². The van der Waals surface area contributed by atoms with E-state index in [-0.39, 0.29) is 6.04 Å². The third-order valence-corrected chi connectivity index (χ3v) is 9.73. The molecule has 3 heterocycles. The number of benzene rings is 1. The number of ether oxygens (including phenoxy) is 1.